The summed E-state index contributed by atoms with van der Waals surface area (Å²) < 4.78 is 29.7. The van der Waals surface area contributed by atoms with Gasteiger partial charge in [0.25, 0.3) is 6.43 Å². The van der Waals surface area contributed by atoms with E-state index in [0.717, 1.165) is 0 Å². The Morgan fingerprint density at radius 2 is 2.29 bits per heavy atom. The summed E-state index contributed by atoms with van der Waals surface area (Å²) in [7, 11) is 1.38. The number of rotatable bonds is 3. The fourth-order valence-corrected chi connectivity index (χ4v) is 1.24. The van der Waals surface area contributed by atoms with Gasteiger partial charge in [-0.25, -0.2) is 13.8 Å². The van der Waals surface area contributed by atoms with Crippen LogP contribution in [0.15, 0.2) is 6.07 Å². The number of pyridine rings is 1. The lowest BCUT2D eigenvalue weighted by Crippen LogP contribution is -2.03. The van der Waals surface area contributed by atoms with Crippen LogP contribution >= 0.6 is 11.6 Å². The largest absolute Gasteiger partial charge is 0.493 e. The number of nitrogens with two attached hydrogens (primary N) is 1. The van der Waals surface area contributed by atoms with Crippen molar-refractivity contribution in [1.82, 2.24) is 4.98 Å². The van der Waals surface area contributed by atoms with Crippen molar-refractivity contribution >= 4 is 17.4 Å². The molecule has 0 amide bonds. The summed E-state index contributed by atoms with van der Waals surface area (Å²) in [6.07, 6.45) is -2.68. The molecule has 78 valence electrons. The predicted octanol–water partition coefficient (Wildman–Crippen LogP) is 2.35. The number of methoxy groups -OCH3 is 1. The monoisotopic (exact) mass is 222 g/mol. The number of nitrogens with zero attached hydrogens (tertiary/aromatic N) is 1. The van der Waals surface area contributed by atoms with E-state index in [1.54, 1.807) is 0 Å². The Labute approximate surface area is 84.8 Å². The first-order valence-corrected chi connectivity index (χ1v) is 4.31. The van der Waals surface area contributed by atoms with E-state index in [-0.39, 0.29) is 23.0 Å². The maximum atomic E-state index is 12.4. The first-order valence-electron chi connectivity index (χ1n) is 3.77. The van der Waals surface area contributed by atoms with Crippen LogP contribution in [0.1, 0.15) is 17.7 Å². The molecular formula is C8H9ClF2N2O. The van der Waals surface area contributed by atoms with E-state index in [2.05, 4.69) is 4.98 Å². The van der Waals surface area contributed by atoms with E-state index in [1.807, 2.05) is 0 Å². The van der Waals surface area contributed by atoms with Crippen molar-refractivity contribution in [3.63, 3.8) is 0 Å². The van der Waals surface area contributed by atoms with Crippen LogP contribution in [-0.2, 0) is 5.88 Å². The third-order valence-corrected chi connectivity index (χ3v) is 1.99. The van der Waals surface area contributed by atoms with Gasteiger partial charge in [0.2, 0.25) is 0 Å². The molecular weight excluding hydrogens is 214 g/mol. The molecule has 0 spiro atoms. The van der Waals surface area contributed by atoms with Gasteiger partial charge in [0.15, 0.2) is 11.6 Å². The summed E-state index contributed by atoms with van der Waals surface area (Å²) in [5.74, 6) is 0.144. The molecule has 6 heteroatoms. The summed E-state index contributed by atoms with van der Waals surface area (Å²) >= 11 is 5.49. The lowest BCUT2D eigenvalue weighted by atomic mass is 10.2. The molecule has 1 aromatic rings. The van der Waals surface area contributed by atoms with Crippen LogP contribution in [0.5, 0.6) is 5.75 Å². The number of hydrogen-bond acceptors (Lipinski definition) is 3. The Balaban J connectivity index is 3.24. The zero-order chi connectivity index (χ0) is 10.7. The molecule has 0 saturated heterocycles. The summed E-state index contributed by atoms with van der Waals surface area (Å²) in [5, 5.41) is 0. The number of anilines is 1. The van der Waals surface area contributed by atoms with Crippen molar-refractivity contribution in [3.05, 3.63) is 17.3 Å². The fourth-order valence-electron chi connectivity index (χ4n) is 1.02. The van der Waals surface area contributed by atoms with E-state index < -0.39 is 12.1 Å². The molecule has 0 unspecified atom stereocenters. The van der Waals surface area contributed by atoms with Crippen molar-refractivity contribution < 1.29 is 13.5 Å². The number of alkyl halides is 3. The molecule has 1 aromatic heterocycles. The molecule has 2 N–H and O–H groups in total. The maximum absolute atomic E-state index is 12.4. The third-order valence-electron chi connectivity index (χ3n) is 1.70. The minimum Gasteiger partial charge on any atom is -0.493 e. The molecule has 0 aliphatic carbocycles. The van der Waals surface area contributed by atoms with E-state index in [0.29, 0.717) is 0 Å². The summed E-state index contributed by atoms with van der Waals surface area (Å²) in [5.41, 5.74) is 5.22. The molecule has 1 heterocycles. The molecule has 0 saturated carbocycles. The van der Waals surface area contributed by atoms with Crippen LogP contribution in [0.25, 0.3) is 0 Å². The number of ether oxygens (including phenoxy) is 1. The van der Waals surface area contributed by atoms with Gasteiger partial charge >= 0.3 is 0 Å². The first kappa shape index (κ1) is 11.0. The van der Waals surface area contributed by atoms with Crippen LogP contribution in [0, 0.1) is 0 Å². The Morgan fingerprint density at radius 1 is 1.64 bits per heavy atom. The second-order valence-electron chi connectivity index (χ2n) is 2.55. The first-order chi connectivity index (χ1) is 6.60. The van der Waals surface area contributed by atoms with Gasteiger partial charge < -0.3 is 10.5 Å². The zero-order valence-corrected chi connectivity index (χ0v) is 8.18. The van der Waals surface area contributed by atoms with Crippen molar-refractivity contribution in [2.75, 3.05) is 12.8 Å². The van der Waals surface area contributed by atoms with E-state index in [1.165, 1.54) is 13.2 Å². The SMILES string of the molecule is COc1cc(CCl)c(C(F)F)nc1N. The minimum atomic E-state index is -2.68. The lowest BCUT2D eigenvalue weighted by Gasteiger charge is -2.09. The molecule has 0 radical (unpaired) electrons. The van der Waals surface area contributed by atoms with Crippen molar-refractivity contribution in [1.29, 1.82) is 0 Å². The highest BCUT2D eigenvalue weighted by molar-refractivity contribution is 6.17. The second kappa shape index (κ2) is 4.41. The molecule has 14 heavy (non-hydrogen) atoms. The summed E-state index contributed by atoms with van der Waals surface area (Å²) in [6, 6.07) is 1.37. The molecule has 0 atom stereocenters. The van der Waals surface area contributed by atoms with Crippen molar-refractivity contribution in [2.24, 2.45) is 0 Å². The average molecular weight is 223 g/mol. The van der Waals surface area contributed by atoms with E-state index in [9.17, 15) is 8.78 Å². The van der Waals surface area contributed by atoms with Gasteiger partial charge in [-0.1, -0.05) is 0 Å². The van der Waals surface area contributed by atoms with E-state index >= 15 is 0 Å². The quantitative estimate of drug-likeness (QED) is 0.799. The summed E-state index contributed by atoms with van der Waals surface area (Å²) in [6.45, 7) is 0. The Bertz CT molecular complexity index is 333. The van der Waals surface area contributed by atoms with Crippen LogP contribution in [0.4, 0.5) is 14.6 Å². The predicted molar refractivity (Wildman–Crippen MR) is 49.7 cm³/mol. The number of hydrogen-bond donors (Lipinski definition) is 1. The molecule has 1 rings (SSSR count). The molecule has 0 fully saturated rings. The average Bonchev–Trinajstić information content (AvgIpc) is 2.17. The van der Waals surface area contributed by atoms with Crippen LogP contribution < -0.4 is 10.5 Å². The zero-order valence-electron chi connectivity index (χ0n) is 7.43. The van der Waals surface area contributed by atoms with Gasteiger partial charge in [-0.2, -0.15) is 0 Å². The van der Waals surface area contributed by atoms with Gasteiger partial charge in [0.1, 0.15) is 5.69 Å². The van der Waals surface area contributed by atoms with E-state index in [4.69, 9.17) is 22.1 Å². The Kier molecular flexibility index (Phi) is 3.46. The highest BCUT2D eigenvalue weighted by Crippen LogP contribution is 2.29. The molecule has 0 aliphatic rings. The number of halogens is 3. The minimum absolute atomic E-state index is 0.0523. The fraction of sp³-hybridized carbons (Fsp3) is 0.375. The highest BCUT2D eigenvalue weighted by atomic mass is 35.5. The molecule has 0 aliphatic heterocycles. The number of aromatic nitrogens is 1. The normalized spacial score (nSPS) is 10.6. The maximum Gasteiger partial charge on any atom is 0.280 e. The summed E-state index contributed by atoms with van der Waals surface area (Å²) in [4.78, 5) is 3.53. The van der Waals surface area contributed by atoms with Gasteiger partial charge in [-0.3, -0.25) is 0 Å². The highest BCUT2D eigenvalue weighted by Gasteiger charge is 2.17. The molecule has 3 nitrogen and oxygen atoms in total. The van der Waals surface area contributed by atoms with Gasteiger partial charge in [0, 0.05) is 5.88 Å². The Hall–Kier alpha value is -1.10. The topological polar surface area (TPSA) is 48.1 Å². The van der Waals surface area contributed by atoms with Crippen LogP contribution in [0.3, 0.4) is 0 Å². The Morgan fingerprint density at radius 3 is 2.71 bits per heavy atom. The van der Waals surface area contributed by atoms with Crippen molar-refractivity contribution in [2.45, 2.75) is 12.3 Å². The molecule has 0 bridgehead atoms. The van der Waals surface area contributed by atoms with Gasteiger partial charge in [0.05, 0.1) is 7.11 Å². The lowest BCUT2D eigenvalue weighted by molar-refractivity contribution is 0.145. The van der Waals surface area contributed by atoms with Gasteiger partial charge in [-0.15, -0.1) is 11.6 Å². The van der Waals surface area contributed by atoms with Crippen LogP contribution in [-0.4, -0.2) is 12.1 Å². The standard InChI is InChI=1S/C8H9ClF2N2O/c1-14-5-2-4(3-9)6(7(10)11)13-8(5)12/h2,7H,3H2,1H3,(H2,12,13). The van der Waals surface area contributed by atoms with Crippen LogP contribution in [0.2, 0.25) is 0 Å². The second-order valence-corrected chi connectivity index (χ2v) is 2.82. The molecule has 0 aromatic carbocycles. The smallest absolute Gasteiger partial charge is 0.280 e. The number of nitrogen functional groups attached to an aromatic ring is 1. The third kappa shape index (κ3) is 2.04. The van der Waals surface area contributed by atoms with Crippen molar-refractivity contribution in [3.8, 4) is 5.75 Å². The van der Waals surface area contributed by atoms with Gasteiger partial charge in [-0.05, 0) is 11.6 Å².